The van der Waals surface area contributed by atoms with Gasteiger partial charge in [0.2, 0.25) is 5.91 Å². The van der Waals surface area contributed by atoms with E-state index in [1.165, 1.54) is 0 Å². The molecule has 0 heterocycles. The SMILES string of the molecule is CNC(C)(CC(C)OCCOCCOCCOC)C(N)=O. The molecule has 7 nitrogen and oxygen atoms in total. The number of nitrogens with one attached hydrogen (secondary N) is 1. The third kappa shape index (κ3) is 9.76. The number of likely N-dealkylation sites (N-methyl/N-ethyl adjacent to an activating group) is 1. The summed E-state index contributed by atoms with van der Waals surface area (Å²) in [4.78, 5) is 11.4. The summed E-state index contributed by atoms with van der Waals surface area (Å²) < 4.78 is 21.1. The third-order valence-corrected chi connectivity index (χ3v) is 3.23. The molecule has 2 unspecified atom stereocenters. The minimum absolute atomic E-state index is 0.0866. The van der Waals surface area contributed by atoms with Gasteiger partial charge in [-0.15, -0.1) is 0 Å². The van der Waals surface area contributed by atoms with E-state index >= 15 is 0 Å². The van der Waals surface area contributed by atoms with Crippen LogP contribution < -0.4 is 11.1 Å². The second-order valence-corrected chi connectivity index (χ2v) is 5.05. The maximum absolute atomic E-state index is 11.4. The molecule has 126 valence electrons. The molecule has 0 aliphatic heterocycles. The summed E-state index contributed by atoms with van der Waals surface area (Å²) in [5.74, 6) is -0.384. The average Bonchev–Trinajstić information content (AvgIpc) is 2.45. The van der Waals surface area contributed by atoms with E-state index in [4.69, 9.17) is 24.7 Å². The summed E-state index contributed by atoms with van der Waals surface area (Å²) in [6, 6.07) is 0. The Morgan fingerprint density at radius 1 is 1.14 bits per heavy atom. The highest BCUT2D eigenvalue weighted by molar-refractivity contribution is 5.84. The minimum atomic E-state index is -0.755. The van der Waals surface area contributed by atoms with Gasteiger partial charge in [-0.05, 0) is 20.9 Å². The van der Waals surface area contributed by atoms with Crippen LogP contribution >= 0.6 is 0 Å². The lowest BCUT2D eigenvalue weighted by Crippen LogP contribution is -2.53. The number of carbonyl (C=O) groups excluding carboxylic acids is 1. The van der Waals surface area contributed by atoms with Crippen molar-refractivity contribution in [3.8, 4) is 0 Å². The normalized spacial score (nSPS) is 15.6. The van der Waals surface area contributed by atoms with Crippen LogP contribution in [-0.4, -0.2) is 71.3 Å². The quantitative estimate of drug-likeness (QED) is 0.436. The predicted molar refractivity (Wildman–Crippen MR) is 80.2 cm³/mol. The van der Waals surface area contributed by atoms with E-state index in [0.717, 1.165) is 0 Å². The molecule has 3 N–H and O–H groups in total. The monoisotopic (exact) mass is 306 g/mol. The number of methoxy groups -OCH3 is 1. The van der Waals surface area contributed by atoms with E-state index in [1.54, 1.807) is 21.1 Å². The summed E-state index contributed by atoms with van der Waals surface area (Å²) >= 11 is 0. The van der Waals surface area contributed by atoms with Crippen molar-refractivity contribution in [2.24, 2.45) is 5.73 Å². The van der Waals surface area contributed by atoms with E-state index in [-0.39, 0.29) is 12.0 Å². The van der Waals surface area contributed by atoms with Crippen molar-refractivity contribution in [2.45, 2.75) is 31.9 Å². The van der Waals surface area contributed by atoms with Crippen LogP contribution in [0.5, 0.6) is 0 Å². The molecule has 21 heavy (non-hydrogen) atoms. The molecule has 0 aromatic carbocycles. The van der Waals surface area contributed by atoms with Gasteiger partial charge in [0.25, 0.3) is 0 Å². The first kappa shape index (κ1) is 20.3. The maximum Gasteiger partial charge on any atom is 0.237 e. The third-order valence-electron chi connectivity index (χ3n) is 3.23. The number of carbonyl (C=O) groups is 1. The Morgan fingerprint density at radius 2 is 1.67 bits per heavy atom. The van der Waals surface area contributed by atoms with Gasteiger partial charge >= 0.3 is 0 Å². The van der Waals surface area contributed by atoms with Crippen molar-refractivity contribution in [3.05, 3.63) is 0 Å². The smallest absolute Gasteiger partial charge is 0.237 e. The zero-order valence-electron chi connectivity index (χ0n) is 13.6. The van der Waals surface area contributed by atoms with Gasteiger partial charge in [-0.2, -0.15) is 0 Å². The molecule has 0 aromatic rings. The summed E-state index contributed by atoms with van der Waals surface area (Å²) in [7, 11) is 3.35. The van der Waals surface area contributed by atoms with Crippen molar-refractivity contribution in [1.82, 2.24) is 5.32 Å². The topological polar surface area (TPSA) is 92.0 Å². The van der Waals surface area contributed by atoms with E-state index in [1.807, 2.05) is 6.92 Å². The van der Waals surface area contributed by atoms with Crippen LogP contribution in [0.2, 0.25) is 0 Å². The van der Waals surface area contributed by atoms with Crippen LogP contribution in [0.15, 0.2) is 0 Å². The van der Waals surface area contributed by atoms with E-state index in [2.05, 4.69) is 5.32 Å². The number of nitrogens with two attached hydrogens (primary N) is 1. The lowest BCUT2D eigenvalue weighted by Gasteiger charge is -2.28. The summed E-state index contributed by atoms with van der Waals surface area (Å²) in [5, 5.41) is 2.93. The van der Waals surface area contributed by atoms with Crippen molar-refractivity contribution in [1.29, 1.82) is 0 Å². The molecule has 0 bridgehead atoms. The number of rotatable bonds is 14. The maximum atomic E-state index is 11.4. The minimum Gasteiger partial charge on any atom is -0.382 e. The molecule has 0 saturated carbocycles. The molecule has 0 spiro atoms. The number of primary amides is 1. The molecule has 2 atom stereocenters. The van der Waals surface area contributed by atoms with Crippen molar-refractivity contribution >= 4 is 5.91 Å². The van der Waals surface area contributed by atoms with Gasteiger partial charge < -0.3 is 30.0 Å². The number of hydrogen-bond acceptors (Lipinski definition) is 6. The van der Waals surface area contributed by atoms with Crippen LogP contribution in [0.1, 0.15) is 20.3 Å². The molecule has 0 aliphatic rings. The molecule has 1 amide bonds. The zero-order valence-corrected chi connectivity index (χ0v) is 13.6. The Hall–Kier alpha value is -0.730. The standard InChI is InChI=1S/C14H30N2O5/c1-12(11-14(2,16-3)13(15)17)21-10-9-20-8-7-19-6-5-18-4/h12,16H,5-11H2,1-4H3,(H2,15,17). The van der Waals surface area contributed by atoms with Gasteiger partial charge in [0.05, 0.1) is 51.3 Å². The number of amides is 1. The Kier molecular flexibility index (Phi) is 11.5. The first-order chi connectivity index (χ1) is 9.96. The van der Waals surface area contributed by atoms with Crippen LogP contribution in [0.4, 0.5) is 0 Å². The molecule has 0 radical (unpaired) electrons. The summed E-state index contributed by atoms with van der Waals surface area (Å²) in [5.41, 5.74) is 4.62. The lowest BCUT2D eigenvalue weighted by molar-refractivity contribution is -0.125. The molecular formula is C14H30N2O5. The van der Waals surface area contributed by atoms with E-state index in [9.17, 15) is 4.79 Å². The van der Waals surface area contributed by atoms with Gasteiger partial charge in [-0.3, -0.25) is 4.79 Å². The highest BCUT2D eigenvalue weighted by Gasteiger charge is 2.31. The van der Waals surface area contributed by atoms with Crippen LogP contribution in [-0.2, 0) is 23.7 Å². The fraction of sp³-hybridized carbons (Fsp3) is 0.929. The number of hydrogen-bond donors (Lipinski definition) is 2. The Bertz CT molecular complexity index is 278. The molecule has 0 aliphatic carbocycles. The van der Waals surface area contributed by atoms with Gasteiger partial charge in [0, 0.05) is 13.5 Å². The van der Waals surface area contributed by atoms with Gasteiger partial charge in [0.15, 0.2) is 0 Å². The van der Waals surface area contributed by atoms with Crippen LogP contribution in [0.25, 0.3) is 0 Å². The molecule has 0 fully saturated rings. The fourth-order valence-electron chi connectivity index (χ4n) is 1.73. The first-order valence-corrected chi connectivity index (χ1v) is 7.21. The van der Waals surface area contributed by atoms with Crippen molar-refractivity contribution in [2.75, 3.05) is 53.8 Å². The molecule has 7 heteroatoms. The second kappa shape index (κ2) is 11.9. The average molecular weight is 306 g/mol. The van der Waals surface area contributed by atoms with E-state index < -0.39 is 5.54 Å². The Balaban J connectivity index is 3.58. The zero-order chi connectivity index (χ0) is 16.1. The van der Waals surface area contributed by atoms with E-state index in [0.29, 0.717) is 46.1 Å². The Labute approximate surface area is 127 Å². The Morgan fingerprint density at radius 3 is 2.14 bits per heavy atom. The molecular weight excluding hydrogens is 276 g/mol. The van der Waals surface area contributed by atoms with Crippen LogP contribution in [0, 0.1) is 0 Å². The highest BCUT2D eigenvalue weighted by atomic mass is 16.6. The second-order valence-electron chi connectivity index (χ2n) is 5.05. The molecule has 0 saturated heterocycles. The van der Waals surface area contributed by atoms with Gasteiger partial charge in [0.1, 0.15) is 0 Å². The molecule has 0 aromatic heterocycles. The van der Waals surface area contributed by atoms with Gasteiger partial charge in [-0.25, -0.2) is 0 Å². The predicted octanol–water partition coefficient (Wildman–Crippen LogP) is -0.0754. The van der Waals surface area contributed by atoms with Gasteiger partial charge in [-0.1, -0.05) is 0 Å². The first-order valence-electron chi connectivity index (χ1n) is 7.21. The number of ether oxygens (including phenoxy) is 4. The largest absolute Gasteiger partial charge is 0.382 e. The fourth-order valence-corrected chi connectivity index (χ4v) is 1.73. The summed E-state index contributed by atoms with van der Waals surface area (Å²) in [6.45, 7) is 6.86. The van der Waals surface area contributed by atoms with Crippen LogP contribution in [0.3, 0.4) is 0 Å². The van der Waals surface area contributed by atoms with Crippen molar-refractivity contribution < 1.29 is 23.7 Å². The lowest BCUT2D eigenvalue weighted by atomic mass is 9.94. The summed E-state index contributed by atoms with van der Waals surface area (Å²) in [6.07, 6.45) is 0.426. The van der Waals surface area contributed by atoms with Crippen molar-refractivity contribution in [3.63, 3.8) is 0 Å². The molecule has 0 rings (SSSR count). The highest BCUT2D eigenvalue weighted by Crippen LogP contribution is 2.13.